The number of hydrogen-bond acceptors (Lipinski definition) is 1. The van der Waals surface area contributed by atoms with Gasteiger partial charge in [-0.2, -0.15) is 0 Å². The number of allylic oxidation sites excluding steroid dienone is 1. The maximum Gasteiger partial charge on any atom is 0.223 e. The Kier molecular flexibility index (Phi) is 3.85. The molecule has 1 fully saturated rings. The maximum atomic E-state index is 11.9. The van der Waals surface area contributed by atoms with E-state index in [9.17, 15) is 4.79 Å². The summed E-state index contributed by atoms with van der Waals surface area (Å²) in [5, 5.41) is 0.734. The van der Waals surface area contributed by atoms with Crippen LogP contribution in [0.3, 0.4) is 0 Å². The van der Waals surface area contributed by atoms with Crippen LogP contribution in [0.5, 0.6) is 0 Å². The topological polar surface area (TPSA) is 20.3 Å². The van der Waals surface area contributed by atoms with Gasteiger partial charge in [0.1, 0.15) is 0 Å². The van der Waals surface area contributed by atoms with Crippen LogP contribution in [0.4, 0.5) is 0 Å². The largest absolute Gasteiger partial charge is 0.335 e. The van der Waals surface area contributed by atoms with Gasteiger partial charge >= 0.3 is 0 Å². The Labute approximate surface area is 107 Å². The molecule has 17 heavy (non-hydrogen) atoms. The minimum absolute atomic E-state index is 0.219. The highest BCUT2D eigenvalue weighted by Gasteiger charge is 2.32. The molecule has 90 valence electrons. The lowest BCUT2D eigenvalue weighted by molar-refractivity contribution is -0.139. The highest BCUT2D eigenvalue weighted by atomic mass is 35.5. The fraction of sp³-hybridized carbons (Fsp3) is 0.357. The molecule has 0 aromatic heterocycles. The van der Waals surface area contributed by atoms with Crippen molar-refractivity contribution in [2.24, 2.45) is 0 Å². The van der Waals surface area contributed by atoms with Gasteiger partial charge in [0.15, 0.2) is 0 Å². The molecule has 0 bridgehead atoms. The van der Waals surface area contributed by atoms with Crippen molar-refractivity contribution in [2.75, 3.05) is 6.54 Å². The lowest BCUT2D eigenvalue weighted by Crippen LogP contribution is -2.44. The van der Waals surface area contributed by atoms with Crippen molar-refractivity contribution in [3.63, 3.8) is 0 Å². The van der Waals surface area contributed by atoms with Crippen LogP contribution in [0.2, 0.25) is 5.02 Å². The van der Waals surface area contributed by atoms with E-state index in [0.29, 0.717) is 6.42 Å². The van der Waals surface area contributed by atoms with Gasteiger partial charge in [-0.1, -0.05) is 29.8 Å². The van der Waals surface area contributed by atoms with E-state index < -0.39 is 0 Å². The highest BCUT2D eigenvalue weighted by Crippen LogP contribution is 2.34. The van der Waals surface area contributed by atoms with E-state index in [1.807, 2.05) is 29.2 Å². The summed E-state index contributed by atoms with van der Waals surface area (Å²) in [6.07, 6.45) is 4.15. The summed E-state index contributed by atoms with van der Waals surface area (Å²) >= 11 is 5.85. The Morgan fingerprint density at radius 1 is 1.47 bits per heavy atom. The van der Waals surface area contributed by atoms with E-state index >= 15 is 0 Å². The molecule has 2 nitrogen and oxygen atoms in total. The summed E-state index contributed by atoms with van der Waals surface area (Å²) in [6, 6.07) is 7.99. The van der Waals surface area contributed by atoms with Crippen LogP contribution in [0, 0.1) is 0 Å². The molecule has 0 radical (unpaired) electrons. The van der Waals surface area contributed by atoms with Gasteiger partial charge in [-0.15, -0.1) is 6.58 Å². The van der Waals surface area contributed by atoms with E-state index in [-0.39, 0.29) is 11.9 Å². The van der Waals surface area contributed by atoms with E-state index in [1.54, 1.807) is 6.08 Å². The number of nitrogens with zero attached hydrogens (tertiary/aromatic N) is 1. The van der Waals surface area contributed by atoms with Gasteiger partial charge in [0.05, 0.1) is 6.04 Å². The molecule has 1 heterocycles. The van der Waals surface area contributed by atoms with E-state index in [1.165, 1.54) is 5.56 Å². The fourth-order valence-electron chi connectivity index (χ4n) is 2.09. The number of amides is 1. The Morgan fingerprint density at radius 2 is 2.18 bits per heavy atom. The number of rotatable bonds is 4. The number of carbonyl (C=O) groups is 1. The first-order chi connectivity index (χ1) is 8.22. The Morgan fingerprint density at radius 3 is 2.71 bits per heavy atom. The molecule has 1 unspecified atom stereocenters. The maximum absolute atomic E-state index is 11.9. The van der Waals surface area contributed by atoms with Crippen LogP contribution >= 0.6 is 11.6 Å². The lowest BCUT2D eigenvalue weighted by Gasteiger charge is -2.41. The van der Waals surface area contributed by atoms with E-state index in [4.69, 9.17) is 11.6 Å². The third-order valence-electron chi connectivity index (χ3n) is 3.16. The number of likely N-dealkylation sites (tertiary alicyclic amines) is 1. The predicted octanol–water partition coefficient (Wildman–Crippen LogP) is 3.58. The molecule has 1 aliphatic heterocycles. The minimum Gasteiger partial charge on any atom is -0.335 e. The quantitative estimate of drug-likeness (QED) is 0.747. The van der Waals surface area contributed by atoms with Crippen LogP contribution < -0.4 is 0 Å². The first-order valence-corrected chi connectivity index (χ1v) is 6.26. The SMILES string of the molecule is C=CCCC(=O)N1CCC1c1ccc(Cl)cc1. The Hall–Kier alpha value is -1.28. The zero-order valence-corrected chi connectivity index (χ0v) is 10.5. The highest BCUT2D eigenvalue weighted by molar-refractivity contribution is 6.30. The van der Waals surface area contributed by atoms with Crippen LogP contribution in [-0.4, -0.2) is 17.4 Å². The zero-order chi connectivity index (χ0) is 12.3. The number of benzene rings is 1. The first kappa shape index (κ1) is 12.2. The van der Waals surface area contributed by atoms with Crippen LogP contribution in [0.25, 0.3) is 0 Å². The summed E-state index contributed by atoms with van der Waals surface area (Å²) < 4.78 is 0. The summed E-state index contributed by atoms with van der Waals surface area (Å²) in [7, 11) is 0. The van der Waals surface area contributed by atoms with Gasteiger partial charge in [0.25, 0.3) is 0 Å². The van der Waals surface area contributed by atoms with Gasteiger partial charge < -0.3 is 4.90 Å². The summed E-state index contributed by atoms with van der Waals surface area (Å²) in [5.74, 6) is 0.219. The number of hydrogen-bond donors (Lipinski definition) is 0. The third-order valence-corrected chi connectivity index (χ3v) is 3.41. The normalized spacial score (nSPS) is 18.6. The average Bonchev–Trinajstić information content (AvgIpc) is 2.28. The van der Waals surface area contributed by atoms with Crippen LogP contribution in [0.15, 0.2) is 36.9 Å². The molecule has 3 heteroatoms. The van der Waals surface area contributed by atoms with E-state index in [2.05, 4.69) is 6.58 Å². The van der Waals surface area contributed by atoms with Crippen molar-refractivity contribution in [3.8, 4) is 0 Å². The molecule has 2 rings (SSSR count). The molecule has 0 aliphatic carbocycles. The molecule has 0 N–H and O–H groups in total. The second kappa shape index (κ2) is 5.37. The molecule has 1 atom stereocenters. The smallest absolute Gasteiger partial charge is 0.223 e. The predicted molar refractivity (Wildman–Crippen MR) is 70.0 cm³/mol. The second-order valence-corrected chi connectivity index (χ2v) is 4.71. The van der Waals surface area contributed by atoms with Crippen molar-refractivity contribution in [1.29, 1.82) is 0 Å². The van der Waals surface area contributed by atoms with Gasteiger partial charge in [-0.05, 0) is 30.5 Å². The van der Waals surface area contributed by atoms with Crippen molar-refractivity contribution in [2.45, 2.75) is 25.3 Å². The second-order valence-electron chi connectivity index (χ2n) is 4.27. The summed E-state index contributed by atoms with van der Waals surface area (Å²) in [5.41, 5.74) is 1.17. The molecular formula is C14H16ClNO. The summed E-state index contributed by atoms with van der Waals surface area (Å²) in [4.78, 5) is 13.8. The lowest BCUT2D eigenvalue weighted by atomic mass is 9.94. The monoisotopic (exact) mass is 249 g/mol. The van der Waals surface area contributed by atoms with Crippen LogP contribution in [0.1, 0.15) is 30.9 Å². The first-order valence-electron chi connectivity index (χ1n) is 5.88. The van der Waals surface area contributed by atoms with Crippen LogP contribution in [-0.2, 0) is 4.79 Å². The zero-order valence-electron chi connectivity index (χ0n) is 9.73. The number of halogens is 1. The average molecular weight is 250 g/mol. The molecule has 1 amide bonds. The van der Waals surface area contributed by atoms with Crippen molar-refractivity contribution in [3.05, 3.63) is 47.5 Å². The molecular weight excluding hydrogens is 234 g/mol. The van der Waals surface area contributed by atoms with Gasteiger partial charge in [-0.3, -0.25) is 4.79 Å². The minimum atomic E-state index is 0.219. The third kappa shape index (κ3) is 2.70. The van der Waals surface area contributed by atoms with Crippen molar-refractivity contribution >= 4 is 17.5 Å². The molecule has 1 saturated heterocycles. The van der Waals surface area contributed by atoms with E-state index in [0.717, 1.165) is 24.4 Å². The molecule has 1 aromatic carbocycles. The van der Waals surface area contributed by atoms with Gasteiger partial charge in [-0.25, -0.2) is 0 Å². The molecule has 1 aliphatic rings. The molecule has 0 spiro atoms. The standard InChI is InChI=1S/C14H16ClNO/c1-2-3-4-14(17)16-10-9-13(16)11-5-7-12(15)8-6-11/h2,5-8,13H,1,3-4,9-10H2. The van der Waals surface area contributed by atoms with Gasteiger partial charge in [0, 0.05) is 18.0 Å². The molecule has 0 saturated carbocycles. The Bertz CT molecular complexity index is 413. The van der Waals surface area contributed by atoms with Crippen molar-refractivity contribution < 1.29 is 4.79 Å². The fourth-order valence-corrected chi connectivity index (χ4v) is 2.21. The number of carbonyl (C=O) groups excluding carboxylic acids is 1. The van der Waals surface area contributed by atoms with Gasteiger partial charge in [0.2, 0.25) is 5.91 Å². The van der Waals surface area contributed by atoms with Crippen molar-refractivity contribution in [1.82, 2.24) is 4.90 Å². The summed E-state index contributed by atoms with van der Waals surface area (Å²) in [6.45, 7) is 4.50. The Balaban J connectivity index is 2.00. The molecule has 1 aromatic rings.